The summed E-state index contributed by atoms with van der Waals surface area (Å²) in [7, 11) is 0. The monoisotopic (exact) mass is 357 g/mol. The van der Waals surface area contributed by atoms with Gasteiger partial charge in [-0.15, -0.1) is 0 Å². The largest absolute Gasteiger partial charge is 0.444 e. The van der Waals surface area contributed by atoms with E-state index in [1.54, 1.807) is 0 Å². The minimum atomic E-state index is -0.506. The van der Waals surface area contributed by atoms with Gasteiger partial charge in [0.05, 0.1) is 10.7 Å². The summed E-state index contributed by atoms with van der Waals surface area (Å²) in [6.07, 6.45) is -0.449. The van der Waals surface area contributed by atoms with Gasteiger partial charge in [-0.3, -0.25) is 0 Å². The van der Waals surface area contributed by atoms with Gasteiger partial charge in [-0.25, -0.2) is 4.79 Å². The third-order valence-electron chi connectivity index (χ3n) is 2.75. The van der Waals surface area contributed by atoms with Crippen molar-refractivity contribution in [1.29, 1.82) is 0 Å². The highest BCUT2D eigenvalue weighted by atomic mass is 35.5. The number of hydrogen-bond acceptors (Lipinski definition) is 3. The molecule has 0 spiro atoms. The van der Waals surface area contributed by atoms with Gasteiger partial charge >= 0.3 is 6.09 Å². The average Bonchev–Trinajstić information content (AvgIpc) is 2.37. The molecule has 0 saturated heterocycles. The molecule has 3 N–H and O–H groups in total. The fraction of sp³-hybridized carbons (Fsp3) is 0.500. The van der Waals surface area contributed by atoms with Gasteiger partial charge in [-0.2, -0.15) is 0 Å². The quantitative estimate of drug-likeness (QED) is 0.565. The van der Waals surface area contributed by atoms with Gasteiger partial charge in [0.15, 0.2) is 5.11 Å². The molecule has 0 atom stereocenters. The third kappa shape index (κ3) is 7.52. The lowest BCUT2D eigenvalue weighted by atomic mass is 10.1. The number of ether oxygens (including phenoxy) is 1. The topological polar surface area (TPSA) is 62.4 Å². The minimum Gasteiger partial charge on any atom is -0.444 e. The molecule has 0 unspecified atom stereocenters. The molecule has 7 heteroatoms. The molecule has 0 radical (unpaired) electrons. The molecule has 128 valence electrons. The number of carbonyl (C=O) groups is 1. The van der Waals surface area contributed by atoms with E-state index >= 15 is 0 Å². The van der Waals surface area contributed by atoms with Gasteiger partial charge in [0, 0.05) is 13.1 Å². The Morgan fingerprint density at radius 2 is 1.83 bits per heavy atom. The molecule has 23 heavy (non-hydrogen) atoms. The zero-order valence-electron chi connectivity index (χ0n) is 14.2. The molecule has 1 aromatic rings. The third-order valence-corrected chi connectivity index (χ3v) is 3.29. The van der Waals surface area contributed by atoms with Gasteiger partial charge in [-0.1, -0.05) is 17.7 Å². The van der Waals surface area contributed by atoms with E-state index in [0.29, 0.717) is 23.2 Å². The van der Waals surface area contributed by atoms with E-state index in [4.69, 9.17) is 28.6 Å². The van der Waals surface area contributed by atoms with Crippen LogP contribution in [-0.4, -0.2) is 29.9 Å². The smallest absolute Gasteiger partial charge is 0.407 e. The Kier molecular flexibility index (Phi) is 7.09. The fourth-order valence-corrected chi connectivity index (χ4v) is 2.46. The highest BCUT2D eigenvalue weighted by molar-refractivity contribution is 7.80. The van der Waals surface area contributed by atoms with Crippen molar-refractivity contribution in [2.45, 2.75) is 40.2 Å². The van der Waals surface area contributed by atoms with E-state index < -0.39 is 11.7 Å². The second kappa shape index (κ2) is 8.36. The maximum Gasteiger partial charge on any atom is 0.407 e. The number of halogens is 1. The van der Waals surface area contributed by atoms with Crippen LogP contribution in [0.15, 0.2) is 12.1 Å². The van der Waals surface area contributed by atoms with Gasteiger partial charge < -0.3 is 20.7 Å². The second-order valence-electron chi connectivity index (χ2n) is 6.25. The molecule has 0 fully saturated rings. The van der Waals surface area contributed by atoms with E-state index in [1.807, 2.05) is 46.8 Å². The highest BCUT2D eigenvalue weighted by Crippen LogP contribution is 2.27. The predicted octanol–water partition coefficient (Wildman–Crippen LogP) is 3.77. The number of nitrogens with one attached hydrogen (secondary N) is 3. The van der Waals surface area contributed by atoms with E-state index in [1.165, 1.54) is 0 Å². The standard InChI is InChI=1S/C16H24ClN3O2S/c1-10-8-11(2)13(12(17)9-10)20-14(23)18-6-7-19-15(21)22-16(3,4)5/h8-9H,6-7H2,1-5H3,(H,19,21)(H2,18,20,23). The van der Waals surface area contributed by atoms with Gasteiger partial charge in [0.2, 0.25) is 0 Å². The van der Waals surface area contributed by atoms with Crippen LogP contribution in [0, 0.1) is 13.8 Å². The van der Waals surface area contributed by atoms with Crippen LogP contribution in [0.25, 0.3) is 0 Å². The Morgan fingerprint density at radius 3 is 2.39 bits per heavy atom. The maximum absolute atomic E-state index is 11.5. The first kappa shape index (κ1) is 19.5. The Morgan fingerprint density at radius 1 is 1.22 bits per heavy atom. The lowest BCUT2D eigenvalue weighted by molar-refractivity contribution is 0.0529. The summed E-state index contributed by atoms with van der Waals surface area (Å²) < 4.78 is 5.14. The normalized spacial score (nSPS) is 10.9. The minimum absolute atomic E-state index is 0.400. The summed E-state index contributed by atoms with van der Waals surface area (Å²) in [6, 6.07) is 3.91. The first-order valence-corrected chi connectivity index (χ1v) is 8.15. The summed E-state index contributed by atoms with van der Waals surface area (Å²) in [4.78, 5) is 11.5. The number of anilines is 1. The van der Waals surface area contributed by atoms with Crippen molar-refractivity contribution in [3.05, 3.63) is 28.3 Å². The van der Waals surface area contributed by atoms with Gasteiger partial charge in [0.25, 0.3) is 0 Å². The number of thiocarbonyl (C=S) groups is 1. The molecule has 1 amide bonds. The lowest BCUT2D eigenvalue weighted by Crippen LogP contribution is -2.39. The number of carbonyl (C=O) groups excluding carboxylic acids is 1. The number of benzene rings is 1. The van der Waals surface area contributed by atoms with Crippen molar-refractivity contribution in [1.82, 2.24) is 10.6 Å². The maximum atomic E-state index is 11.5. The van der Waals surface area contributed by atoms with Crippen LogP contribution < -0.4 is 16.0 Å². The zero-order chi connectivity index (χ0) is 17.6. The van der Waals surface area contributed by atoms with E-state index in [9.17, 15) is 4.79 Å². The molecule has 0 aliphatic rings. The van der Waals surface area contributed by atoms with Gasteiger partial charge in [-0.05, 0) is 64.0 Å². The lowest BCUT2D eigenvalue weighted by Gasteiger charge is -2.20. The molecule has 0 saturated carbocycles. The summed E-state index contributed by atoms with van der Waals surface area (Å²) in [5, 5.41) is 9.81. The van der Waals surface area contributed by atoms with Crippen LogP contribution in [-0.2, 0) is 4.74 Å². The van der Waals surface area contributed by atoms with E-state index in [0.717, 1.165) is 16.8 Å². The SMILES string of the molecule is Cc1cc(C)c(NC(=S)NCCNC(=O)OC(C)(C)C)c(Cl)c1. The van der Waals surface area contributed by atoms with Gasteiger partial charge in [0.1, 0.15) is 5.60 Å². The molecule has 0 aliphatic carbocycles. The van der Waals surface area contributed by atoms with E-state index in [2.05, 4.69) is 16.0 Å². The van der Waals surface area contributed by atoms with Crippen LogP contribution in [0.5, 0.6) is 0 Å². The van der Waals surface area contributed by atoms with Crippen LogP contribution in [0.4, 0.5) is 10.5 Å². The molecular weight excluding hydrogens is 334 g/mol. The van der Waals surface area contributed by atoms with Crippen LogP contribution >= 0.6 is 23.8 Å². The molecule has 0 aliphatic heterocycles. The number of amides is 1. The molecule has 0 aromatic heterocycles. The van der Waals surface area contributed by atoms with Crippen LogP contribution in [0.1, 0.15) is 31.9 Å². The van der Waals surface area contributed by atoms with Crippen molar-refractivity contribution < 1.29 is 9.53 Å². The fourth-order valence-electron chi connectivity index (χ4n) is 1.89. The molecule has 0 heterocycles. The Balaban J connectivity index is 2.37. The van der Waals surface area contributed by atoms with Crippen molar-refractivity contribution >= 4 is 40.7 Å². The Hall–Kier alpha value is -1.53. The summed E-state index contributed by atoms with van der Waals surface area (Å²) in [5.74, 6) is 0. The molecule has 1 rings (SSSR count). The second-order valence-corrected chi connectivity index (χ2v) is 7.06. The molecular formula is C16H24ClN3O2S. The number of aryl methyl sites for hydroxylation is 2. The van der Waals surface area contributed by atoms with E-state index in [-0.39, 0.29) is 0 Å². The van der Waals surface area contributed by atoms with Crippen LogP contribution in [0.3, 0.4) is 0 Å². The average molecular weight is 358 g/mol. The van der Waals surface area contributed by atoms with Crippen molar-refractivity contribution in [3.8, 4) is 0 Å². The molecule has 5 nitrogen and oxygen atoms in total. The Bertz CT molecular complexity index is 562. The van der Waals surface area contributed by atoms with Crippen molar-refractivity contribution in [3.63, 3.8) is 0 Å². The zero-order valence-corrected chi connectivity index (χ0v) is 15.7. The predicted molar refractivity (Wildman–Crippen MR) is 99.4 cm³/mol. The summed E-state index contributed by atoms with van der Waals surface area (Å²) in [5.41, 5.74) is 2.40. The first-order chi connectivity index (χ1) is 10.6. The summed E-state index contributed by atoms with van der Waals surface area (Å²) in [6.45, 7) is 10.3. The Labute approximate surface area is 148 Å². The summed E-state index contributed by atoms with van der Waals surface area (Å²) >= 11 is 11.4. The number of hydrogen-bond donors (Lipinski definition) is 3. The number of rotatable bonds is 4. The van der Waals surface area contributed by atoms with Crippen molar-refractivity contribution in [2.24, 2.45) is 0 Å². The molecule has 0 bridgehead atoms. The first-order valence-electron chi connectivity index (χ1n) is 7.37. The van der Waals surface area contributed by atoms with Crippen LogP contribution in [0.2, 0.25) is 5.02 Å². The highest BCUT2D eigenvalue weighted by Gasteiger charge is 2.15. The van der Waals surface area contributed by atoms with Crippen molar-refractivity contribution in [2.75, 3.05) is 18.4 Å². The molecule has 1 aromatic carbocycles. The number of alkyl carbamates (subject to hydrolysis) is 1.